The lowest BCUT2D eigenvalue weighted by atomic mass is 9.96. The van der Waals surface area contributed by atoms with Crippen LogP contribution in [0.15, 0.2) is 29.6 Å². The molecule has 2 N–H and O–H groups in total. The maximum Gasteiger partial charge on any atom is 0.490 e. The SMILES string of the molecule is CCC(C)C(NC(=O)[C@H]1CCCCN1C)C(=O)N(CCCc1nc(C(=O)NCCc2ccc(I)cc2)cs1)COC(=O)C(F)(F)F. The minimum Gasteiger partial charge on any atom is -0.438 e. The Labute approximate surface area is 285 Å². The monoisotopic (exact) mass is 779 g/mol. The van der Waals surface area contributed by atoms with Crippen LogP contribution in [0, 0.1) is 9.49 Å². The number of carbonyl (C=O) groups excluding carboxylic acids is 4. The van der Waals surface area contributed by atoms with Crippen molar-refractivity contribution in [2.24, 2.45) is 5.92 Å². The Morgan fingerprint density at radius 2 is 1.89 bits per heavy atom. The standard InChI is InChI=1S/C31H41F3IN5O5S/c1-4-20(2)26(38-28(42)24-8-5-6-16-39(24)3)29(43)40(19-45-30(44)31(32,33)34)17-7-9-25-37-23(18-46-25)27(41)36-15-14-21-10-12-22(35)13-11-21/h10-13,18,20,24,26H,4-9,14-17,19H2,1-3H3,(H,36,41)(H,38,42)/t20?,24-,26?/m1/s1. The van der Waals surface area contributed by atoms with Crippen molar-refractivity contribution in [3.05, 3.63) is 49.5 Å². The first kappa shape index (κ1) is 37.7. The number of esters is 1. The molecule has 3 rings (SSSR count). The van der Waals surface area contributed by atoms with E-state index < -0.39 is 36.9 Å². The van der Waals surface area contributed by atoms with Crippen LogP contribution in [0.5, 0.6) is 0 Å². The first-order chi connectivity index (χ1) is 21.8. The summed E-state index contributed by atoms with van der Waals surface area (Å²) in [5.74, 6) is -4.02. The Morgan fingerprint density at radius 1 is 1.17 bits per heavy atom. The molecule has 2 unspecified atom stereocenters. The van der Waals surface area contributed by atoms with Crippen molar-refractivity contribution in [1.82, 2.24) is 25.4 Å². The van der Waals surface area contributed by atoms with Crippen molar-refractivity contribution in [1.29, 1.82) is 0 Å². The smallest absolute Gasteiger partial charge is 0.438 e. The molecule has 1 fully saturated rings. The number of amides is 3. The Kier molecular flexibility index (Phi) is 14.7. The number of hydrogen-bond acceptors (Lipinski definition) is 8. The quantitative estimate of drug-likeness (QED) is 0.155. The second-order valence-electron chi connectivity index (χ2n) is 11.4. The molecule has 0 bridgehead atoms. The number of likely N-dealkylation sites (tertiary alicyclic amines) is 1. The number of aromatic nitrogens is 1. The molecule has 10 nitrogen and oxygen atoms in total. The summed E-state index contributed by atoms with van der Waals surface area (Å²) in [7, 11) is 1.84. The number of nitrogens with one attached hydrogen (secondary N) is 2. The molecule has 3 atom stereocenters. The number of carbonyl (C=O) groups is 4. The van der Waals surface area contributed by atoms with Gasteiger partial charge in [0.2, 0.25) is 11.8 Å². The van der Waals surface area contributed by atoms with Crippen molar-refractivity contribution in [3.63, 3.8) is 0 Å². The molecule has 2 heterocycles. The highest BCUT2D eigenvalue weighted by molar-refractivity contribution is 14.1. The van der Waals surface area contributed by atoms with Crippen molar-refractivity contribution in [3.8, 4) is 0 Å². The van der Waals surface area contributed by atoms with Gasteiger partial charge in [-0.1, -0.05) is 38.8 Å². The van der Waals surface area contributed by atoms with E-state index in [1.54, 1.807) is 12.3 Å². The fraction of sp³-hybridized carbons (Fsp3) is 0.581. The number of likely N-dealkylation sites (N-methyl/N-ethyl adjacent to an activating group) is 1. The summed E-state index contributed by atoms with van der Waals surface area (Å²) >= 11 is 3.48. The molecule has 0 aliphatic carbocycles. The molecule has 46 heavy (non-hydrogen) atoms. The molecule has 2 aromatic rings. The zero-order valence-corrected chi connectivity index (χ0v) is 29.2. The summed E-state index contributed by atoms with van der Waals surface area (Å²) in [6, 6.07) is 6.56. The molecule has 0 saturated carbocycles. The fourth-order valence-corrected chi connectivity index (χ4v) is 6.19. The Bertz CT molecular complexity index is 1330. The highest BCUT2D eigenvalue weighted by Crippen LogP contribution is 2.20. The van der Waals surface area contributed by atoms with E-state index in [1.165, 1.54) is 11.3 Å². The van der Waals surface area contributed by atoms with Crippen LogP contribution < -0.4 is 10.6 Å². The van der Waals surface area contributed by atoms with Gasteiger partial charge >= 0.3 is 12.1 Å². The van der Waals surface area contributed by atoms with Crippen LogP contribution in [0.25, 0.3) is 0 Å². The molecule has 3 amide bonds. The van der Waals surface area contributed by atoms with Crippen molar-refractivity contribution >= 4 is 57.6 Å². The lowest BCUT2D eigenvalue weighted by Crippen LogP contribution is -2.57. The van der Waals surface area contributed by atoms with E-state index in [-0.39, 0.29) is 36.4 Å². The average Bonchev–Trinajstić information content (AvgIpc) is 3.50. The van der Waals surface area contributed by atoms with Gasteiger partial charge in [-0.15, -0.1) is 11.3 Å². The van der Waals surface area contributed by atoms with E-state index in [2.05, 4.69) is 42.9 Å². The van der Waals surface area contributed by atoms with Gasteiger partial charge in [0.05, 0.1) is 11.0 Å². The Hall–Kier alpha value is -2.79. The summed E-state index contributed by atoms with van der Waals surface area (Å²) < 4.78 is 44.3. The van der Waals surface area contributed by atoms with Crippen LogP contribution in [-0.2, 0) is 32.0 Å². The summed E-state index contributed by atoms with van der Waals surface area (Å²) in [6.07, 6.45) is -0.976. The minimum atomic E-state index is -5.22. The molecule has 0 spiro atoms. The molecule has 1 aliphatic rings. The van der Waals surface area contributed by atoms with Crippen LogP contribution in [0.4, 0.5) is 13.2 Å². The Balaban J connectivity index is 1.62. The lowest BCUT2D eigenvalue weighted by molar-refractivity contribution is -0.204. The third-order valence-corrected chi connectivity index (χ3v) is 9.59. The topological polar surface area (TPSA) is 121 Å². The molecule has 0 radical (unpaired) electrons. The van der Waals surface area contributed by atoms with E-state index in [0.717, 1.165) is 33.4 Å². The largest absolute Gasteiger partial charge is 0.490 e. The molecule has 254 valence electrons. The van der Waals surface area contributed by atoms with E-state index >= 15 is 0 Å². The molecule has 15 heteroatoms. The van der Waals surface area contributed by atoms with Crippen LogP contribution in [0.2, 0.25) is 0 Å². The summed E-state index contributed by atoms with van der Waals surface area (Å²) in [5, 5.41) is 7.91. The number of benzene rings is 1. The zero-order valence-electron chi connectivity index (χ0n) is 26.2. The maximum atomic E-state index is 13.7. The van der Waals surface area contributed by atoms with E-state index in [4.69, 9.17) is 0 Å². The maximum absolute atomic E-state index is 13.7. The fourth-order valence-electron chi connectivity index (χ4n) is 5.01. The predicted molar refractivity (Wildman–Crippen MR) is 176 cm³/mol. The highest BCUT2D eigenvalue weighted by Gasteiger charge is 2.42. The molecule has 1 saturated heterocycles. The van der Waals surface area contributed by atoms with Crippen LogP contribution in [0.1, 0.15) is 67.0 Å². The van der Waals surface area contributed by atoms with Gasteiger partial charge < -0.3 is 20.3 Å². The van der Waals surface area contributed by atoms with Gasteiger partial charge in [0, 0.05) is 28.5 Å². The average molecular weight is 780 g/mol. The van der Waals surface area contributed by atoms with Gasteiger partial charge in [-0.3, -0.25) is 19.3 Å². The summed E-state index contributed by atoms with van der Waals surface area (Å²) in [4.78, 5) is 58.3. The van der Waals surface area contributed by atoms with Crippen LogP contribution in [-0.4, -0.2) is 90.1 Å². The highest BCUT2D eigenvalue weighted by atomic mass is 127. The lowest BCUT2D eigenvalue weighted by Gasteiger charge is -2.35. The van der Waals surface area contributed by atoms with E-state index in [0.29, 0.717) is 37.2 Å². The number of halogens is 4. The number of ether oxygens (including phenoxy) is 1. The first-order valence-electron chi connectivity index (χ1n) is 15.3. The normalized spacial score (nSPS) is 16.7. The number of thiazole rings is 1. The number of hydrogen-bond donors (Lipinski definition) is 2. The third-order valence-electron chi connectivity index (χ3n) is 7.96. The zero-order chi connectivity index (χ0) is 33.9. The van der Waals surface area contributed by atoms with E-state index in [9.17, 15) is 32.3 Å². The van der Waals surface area contributed by atoms with Gasteiger partial charge in [0.25, 0.3) is 5.91 Å². The second-order valence-corrected chi connectivity index (χ2v) is 13.6. The number of alkyl halides is 3. The van der Waals surface area contributed by atoms with Crippen LogP contribution >= 0.6 is 33.9 Å². The molecular formula is C31H41F3IN5O5S. The Morgan fingerprint density at radius 3 is 2.54 bits per heavy atom. The van der Waals surface area contributed by atoms with Crippen molar-refractivity contribution < 1.29 is 37.1 Å². The van der Waals surface area contributed by atoms with Gasteiger partial charge in [0.15, 0.2) is 6.73 Å². The van der Waals surface area contributed by atoms with Gasteiger partial charge in [-0.25, -0.2) is 9.78 Å². The van der Waals surface area contributed by atoms with Gasteiger partial charge in [0.1, 0.15) is 11.7 Å². The predicted octanol–water partition coefficient (Wildman–Crippen LogP) is 4.56. The van der Waals surface area contributed by atoms with Crippen LogP contribution in [0.3, 0.4) is 0 Å². The second kappa shape index (κ2) is 17.9. The summed E-state index contributed by atoms with van der Waals surface area (Å²) in [6.45, 7) is 3.81. The molecular weight excluding hydrogens is 738 g/mol. The number of piperidine rings is 1. The first-order valence-corrected chi connectivity index (χ1v) is 17.3. The van der Waals surface area contributed by atoms with Crippen molar-refractivity contribution in [2.75, 3.05) is 33.4 Å². The van der Waals surface area contributed by atoms with Gasteiger partial charge in [-0.05, 0) is 85.5 Å². The molecule has 1 aromatic carbocycles. The minimum absolute atomic E-state index is 0.0623. The van der Waals surface area contributed by atoms with Gasteiger partial charge in [-0.2, -0.15) is 13.2 Å². The van der Waals surface area contributed by atoms with E-state index in [1.807, 2.05) is 43.1 Å². The molecule has 1 aliphatic heterocycles. The van der Waals surface area contributed by atoms with Crippen molar-refractivity contribution in [2.45, 2.75) is 77.1 Å². The molecule has 1 aromatic heterocycles. The number of aryl methyl sites for hydroxylation is 1. The third kappa shape index (κ3) is 11.5. The summed E-state index contributed by atoms with van der Waals surface area (Å²) in [5.41, 5.74) is 1.35. The number of nitrogens with zero attached hydrogens (tertiary/aromatic N) is 3. The number of rotatable bonds is 15.